The topological polar surface area (TPSA) is 38.9 Å². The molecule has 4 heteroatoms. The van der Waals surface area contributed by atoms with E-state index in [1.165, 1.54) is 5.56 Å². The van der Waals surface area contributed by atoms with Gasteiger partial charge in [-0.2, -0.15) is 0 Å². The second-order valence-electron chi connectivity index (χ2n) is 4.85. The van der Waals surface area contributed by atoms with Crippen molar-refractivity contribution in [2.45, 2.75) is 24.8 Å². The van der Waals surface area contributed by atoms with Crippen molar-refractivity contribution in [3.8, 4) is 0 Å². The highest BCUT2D eigenvalue weighted by atomic mass is 35.5. The Morgan fingerprint density at radius 1 is 1.16 bits per heavy atom. The van der Waals surface area contributed by atoms with Gasteiger partial charge in [0.05, 0.1) is 0 Å². The fourth-order valence-corrected chi connectivity index (χ4v) is 3.47. The molecule has 2 nitrogen and oxygen atoms in total. The highest BCUT2D eigenvalue weighted by molar-refractivity contribution is 6.36. The lowest BCUT2D eigenvalue weighted by Crippen LogP contribution is -2.19. The number of nitrogens with zero attached hydrogens (tertiary/aromatic N) is 1. The highest BCUT2D eigenvalue weighted by Gasteiger charge is 2.31. The molecule has 2 unspecified atom stereocenters. The molecule has 98 valence electrons. The normalized spacial score (nSPS) is 19.2. The van der Waals surface area contributed by atoms with E-state index in [1.54, 1.807) is 0 Å². The molecule has 0 aliphatic heterocycles. The van der Waals surface area contributed by atoms with Crippen LogP contribution in [0.4, 0.5) is 0 Å². The first-order valence-electron chi connectivity index (χ1n) is 6.31. The molecule has 1 heterocycles. The van der Waals surface area contributed by atoms with Crippen LogP contribution in [-0.4, -0.2) is 4.98 Å². The summed E-state index contributed by atoms with van der Waals surface area (Å²) in [5, 5.41) is 1.26. The van der Waals surface area contributed by atoms with Crippen molar-refractivity contribution in [3.63, 3.8) is 0 Å². The van der Waals surface area contributed by atoms with E-state index in [4.69, 9.17) is 28.9 Å². The zero-order chi connectivity index (χ0) is 13.4. The highest BCUT2D eigenvalue weighted by Crippen LogP contribution is 2.42. The number of pyridine rings is 1. The molecule has 0 bridgehead atoms. The van der Waals surface area contributed by atoms with Gasteiger partial charge in [-0.05, 0) is 36.6 Å². The molecule has 1 aromatic heterocycles. The standard InChI is InChI=1S/C15H14Cl2N2/c16-11-4-1-5-12(17)13(11)14(18)10-7-6-9-3-2-8-19-15(9)10/h1-5,8,10,14H,6-7,18H2. The van der Waals surface area contributed by atoms with Gasteiger partial charge in [-0.25, -0.2) is 0 Å². The summed E-state index contributed by atoms with van der Waals surface area (Å²) >= 11 is 12.5. The van der Waals surface area contributed by atoms with Crippen molar-refractivity contribution >= 4 is 23.2 Å². The molecule has 2 N–H and O–H groups in total. The SMILES string of the molecule is NC(c1c(Cl)cccc1Cl)C1CCc2cccnc21. The van der Waals surface area contributed by atoms with Crippen LogP contribution in [0.25, 0.3) is 0 Å². The number of fused-ring (bicyclic) bond motifs is 1. The molecule has 1 aliphatic rings. The van der Waals surface area contributed by atoms with Crippen LogP contribution in [0.2, 0.25) is 10.0 Å². The molecule has 19 heavy (non-hydrogen) atoms. The number of nitrogens with two attached hydrogens (primary N) is 1. The number of benzene rings is 1. The van der Waals surface area contributed by atoms with Crippen LogP contribution < -0.4 is 5.73 Å². The number of halogens is 2. The molecular formula is C15H14Cl2N2. The Bertz CT molecular complexity index is 593. The summed E-state index contributed by atoms with van der Waals surface area (Å²) in [6.45, 7) is 0. The van der Waals surface area contributed by atoms with E-state index in [0.717, 1.165) is 24.1 Å². The second kappa shape index (κ2) is 5.12. The molecule has 0 saturated heterocycles. The average Bonchev–Trinajstić information content (AvgIpc) is 2.82. The van der Waals surface area contributed by atoms with E-state index in [0.29, 0.717) is 10.0 Å². The predicted molar refractivity (Wildman–Crippen MR) is 78.7 cm³/mol. The van der Waals surface area contributed by atoms with Crippen molar-refractivity contribution in [3.05, 3.63) is 63.4 Å². The Morgan fingerprint density at radius 2 is 1.89 bits per heavy atom. The third-order valence-corrected chi connectivity index (χ3v) is 4.43. The van der Waals surface area contributed by atoms with Gasteiger partial charge in [0, 0.05) is 39.5 Å². The summed E-state index contributed by atoms with van der Waals surface area (Å²) in [5.41, 5.74) is 9.61. The minimum Gasteiger partial charge on any atom is -0.323 e. The average molecular weight is 293 g/mol. The molecule has 2 atom stereocenters. The Morgan fingerprint density at radius 3 is 2.63 bits per heavy atom. The van der Waals surface area contributed by atoms with Crippen LogP contribution in [0.1, 0.15) is 35.2 Å². The fourth-order valence-electron chi connectivity index (χ4n) is 2.82. The van der Waals surface area contributed by atoms with E-state index in [1.807, 2.05) is 30.5 Å². The van der Waals surface area contributed by atoms with E-state index >= 15 is 0 Å². The minimum atomic E-state index is -0.211. The van der Waals surface area contributed by atoms with Gasteiger partial charge < -0.3 is 5.73 Å². The van der Waals surface area contributed by atoms with Crippen molar-refractivity contribution in [2.24, 2.45) is 5.73 Å². The minimum absolute atomic E-state index is 0.189. The summed E-state index contributed by atoms with van der Waals surface area (Å²) in [6.07, 6.45) is 3.83. The molecule has 0 radical (unpaired) electrons. The summed E-state index contributed by atoms with van der Waals surface area (Å²) < 4.78 is 0. The Labute approximate surface area is 122 Å². The summed E-state index contributed by atoms with van der Waals surface area (Å²) in [6, 6.07) is 9.37. The third-order valence-electron chi connectivity index (χ3n) is 3.77. The third kappa shape index (κ3) is 2.25. The largest absolute Gasteiger partial charge is 0.323 e. The zero-order valence-electron chi connectivity index (χ0n) is 10.3. The Balaban J connectivity index is 2.00. The van der Waals surface area contributed by atoms with Gasteiger partial charge in [0.1, 0.15) is 0 Å². The Hall–Kier alpha value is -1.09. The zero-order valence-corrected chi connectivity index (χ0v) is 11.8. The summed E-state index contributed by atoms with van der Waals surface area (Å²) in [4.78, 5) is 4.48. The van der Waals surface area contributed by atoms with E-state index in [2.05, 4.69) is 11.1 Å². The van der Waals surface area contributed by atoms with Gasteiger partial charge in [-0.3, -0.25) is 4.98 Å². The van der Waals surface area contributed by atoms with Crippen LogP contribution >= 0.6 is 23.2 Å². The molecular weight excluding hydrogens is 279 g/mol. The lowest BCUT2D eigenvalue weighted by molar-refractivity contribution is 0.541. The van der Waals surface area contributed by atoms with Crippen molar-refractivity contribution in [1.29, 1.82) is 0 Å². The summed E-state index contributed by atoms with van der Waals surface area (Å²) in [5.74, 6) is 0.189. The predicted octanol–water partition coefficient (Wildman–Crippen LogP) is 4.12. The van der Waals surface area contributed by atoms with E-state index in [9.17, 15) is 0 Å². The van der Waals surface area contributed by atoms with Crippen LogP contribution in [0.5, 0.6) is 0 Å². The van der Waals surface area contributed by atoms with Crippen LogP contribution in [0.3, 0.4) is 0 Å². The summed E-state index contributed by atoms with van der Waals surface area (Å²) in [7, 11) is 0. The van der Waals surface area contributed by atoms with Gasteiger partial charge >= 0.3 is 0 Å². The quantitative estimate of drug-likeness (QED) is 0.904. The first-order valence-corrected chi connectivity index (χ1v) is 7.07. The molecule has 2 aromatic rings. The second-order valence-corrected chi connectivity index (χ2v) is 5.67. The van der Waals surface area contributed by atoms with Crippen molar-refractivity contribution < 1.29 is 0 Å². The van der Waals surface area contributed by atoms with E-state index < -0.39 is 0 Å². The van der Waals surface area contributed by atoms with Crippen LogP contribution in [-0.2, 0) is 6.42 Å². The van der Waals surface area contributed by atoms with Gasteiger partial charge in [-0.15, -0.1) is 0 Å². The maximum Gasteiger partial charge on any atom is 0.0485 e. The van der Waals surface area contributed by atoms with Gasteiger partial charge in [0.15, 0.2) is 0 Å². The maximum absolute atomic E-state index is 6.41. The Kier molecular flexibility index (Phi) is 3.48. The lowest BCUT2D eigenvalue weighted by Gasteiger charge is -2.22. The number of hydrogen-bond donors (Lipinski definition) is 1. The monoisotopic (exact) mass is 292 g/mol. The lowest BCUT2D eigenvalue weighted by atomic mass is 9.91. The van der Waals surface area contributed by atoms with Crippen molar-refractivity contribution in [2.75, 3.05) is 0 Å². The van der Waals surface area contributed by atoms with Gasteiger partial charge in [0.25, 0.3) is 0 Å². The fraction of sp³-hybridized carbons (Fsp3) is 0.267. The molecule has 3 rings (SSSR count). The molecule has 1 aromatic carbocycles. The molecule has 1 aliphatic carbocycles. The maximum atomic E-state index is 6.41. The first kappa shape index (κ1) is 12.9. The molecule has 0 saturated carbocycles. The van der Waals surface area contributed by atoms with Crippen LogP contribution in [0, 0.1) is 0 Å². The van der Waals surface area contributed by atoms with Gasteiger partial charge in [-0.1, -0.05) is 35.3 Å². The number of aromatic nitrogens is 1. The van der Waals surface area contributed by atoms with Gasteiger partial charge in [0.2, 0.25) is 0 Å². The van der Waals surface area contributed by atoms with E-state index in [-0.39, 0.29) is 12.0 Å². The number of rotatable bonds is 2. The smallest absolute Gasteiger partial charge is 0.0485 e. The molecule has 0 fully saturated rings. The molecule has 0 spiro atoms. The van der Waals surface area contributed by atoms with Crippen molar-refractivity contribution in [1.82, 2.24) is 4.98 Å². The molecule has 0 amide bonds. The number of hydrogen-bond acceptors (Lipinski definition) is 2. The van der Waals surface area contributed by atoms with Crippen LogP contribution in [0.15, 0.2) is 36.5 Å². The number of aryl methyl sites for hydroxylation is 1. The first-order chi connectivity index (χ1) is 9.18.